The van der Waals surface area contributed by atoms with Crippen molar-refractivity contribution in [2.75, 3.05) is 0 Å². The Morgan fingerprint density at radius 3 is 2.96 bits per heavy atom. The molecule has 2 aliphatic rings. The van der Waals surface area contributed by atoms with Crippen molar-refractivity contribution in [3.05, 3.63) is 35.8 Å². The number of furan rings is 1. The second-order valence-electron chi connectivity index (χ2n) is 7.86. The zero-order valence-corrected chi connectivity index (χ0v) is 15.7. The first kappa shape index (κ1) is 19.2. The molecule has 0 aromatic carbocycles. The number of carbonyl (C=O) groups is 1. The summed E-state index contributed by atoms with van der Waals surface area (Å²) in [5.74, 6) is 0.271. The van der Waals surface area contributed by atoms with Crippen LogP contribution in [0.15, 0.2) is 34.7 Å². The number of aryl methyl sites for hydroxylation is 1. The Balaban J connectivity index is 1.29. The summed E-state index contributed by atoms with van der Waals surface area (Å²) in [6.45, 7) is 4.26. The number of epoxide rings is 1. The van der Waals surface area contributed by atoms with E-state index in [0.717, 1.165) is 38.5 Å². The van der Waals surface area contributed by atoms with Crippen LogP contribution in [0.25, 0.3) is 0 Å². The standard InChI is InChI=1S/C21H30O5/c1-14(5-3-7-16-9-10-24-13-16)11-17(22)12-15(2)6-4-8-18-19-21(25-19)26-20(18)23/h6,9-10,13-14,17-19,21-22H,3-5,7-8,11-12H2,1-2H3/t14-,17-,18+,19+,21-/m0/s1. The van der Waals surface area contributed by atoms with Gasteiger partial charge in [-0.1, -0.05) is 25.0 Å². The van der Waals surface area contributed by atoms with Crippen molar-refractivity contribution in [2.24, 2.45) is 11.8 Å². The molecule has 0 radical (unpaired) electrons. The Hall–Kier alpha value is -1.59. The van der Waals surface area contributed by atoms with Crippen molar-refractivity contribution >= 4 is 5.97 Å². The zero-order valence-electron chi connectivity index (χ0n) is 15.7. The maximum atomic E-state index is 11.6. The number of hydrogen-bond donors (Lipinski definition) is 1. The van der Waals surface area contributed by atoms with Gasteiger partial charge in [0.25, 0.3) is 0 Å². The minimum absolute atomic E-state index is 0.00954. The molecular weight excluding hydrogens is 332 g/mol. The van der Waals surface area contributed by atoms with Crippen molar-refractivity contribution < 1.29 is 23.8 Å². The second kappa shape index (κ2) is 8.87. The first-order valence-electron chi connectivity index (χ1n) is 9.73. The highest BCUT2D eigenvalue weighted by Crippen LogP contribution is 2.40. The lowest BCUT2D eigenvalue weighted by molar-refractivity contribution is -0.151. The van der Waals surface area contributed by atoms with E-state index in [-0.39, 0.29) is 30.4 Å². The quantitative estimate of drug-likeness (QED) is 0.366. The molecule has 5 atom stereocenters. The average molecular weight is 362 g/mol. The van der Waals surface area contributed by atoms with Crippen LogP contribution in [0.2, 0.25) is 0 Å². The Kier molecular flexibility index (Phi) is 6.54. The van der Waals surface area contributed by atoms with E-state index in [4.69, 9.17) is 13.9 Å². The van der Waals surface area contributed by atoms with Gasteiger partial charge in [0, 0.05) is 0 Å². The van der Waals surface area contributed by atoms with Crippen LogP contribution in [0.1, 0.15) is 57.9 Å². The molecule has 0 bridgehead atoms. The lowest BCUT2D eigenvalue weighted by Crippen LogP contribution is -2.15. The summed E-state index contributed by atoms with van der Waals surface area (Å²) in [4.78, 5) is 11.6. The number of rotatable bonds is 11. The summed E-state index contributed by atoms with van der Waals surface area (Å²) in [7, 11) is 0. The fraction of sp³-hybridized carbons (Fsp3) is 0.667. The first-order chi connectivity index (χ1) is 12.5. The van der Waals surface area contributed by atoms with Gasteiger partial charge in [-0.05, 0) is 63.0 Å². The first-order valence-corrected chi connectivity index (χ1v) is 9.73. The minimum Gasteiger partial charge on any atom is -0.472 e. The molecule has 1 N–H and O–H groups in total. The van der Waals surface area contributed by atoms with Gasteiger partial charge in [0.15, 0.2) is 0 Å². The minimum atomic E-state index is -0.303. The number of ether oxygens (including phenoxy) is 2. The largest absolute Gasteiger partial charge is 0.472 e. The summed E-state index contributed by atoms with van der Waals surface area (Å²) >= 11 is 0. The molecule has 0 amide bonds. The van der Waals surface area contributed by atoms with Crippen molar-refractivity contribution in [1.29, 1.82) is 0 Å². The van der Waals surface area contributed by atoms with Crippen LogP contribution in [0.4, 0.5) is 0 Å². The molecule has 3 rings (SSSR count). The van der Waals surface area contributed by atoms with E-state index in [2.05, 4.69) is 19.9 Å². The zero-order chi connectivity index (χ0) is 18.5. The van der Waals surface area contributed by atoms with Crippen LogP contribution in [-0.2, 0) is 20.7 Å². The average Bonchev–Trinajstić information content (AvgIpc) is 3.00. The Bertz CT molecular complexity index is 606. The molecule has 5 nitrogen and oxygen atoms in total. The normalized spacial score (nSPS) is 27.1. The fourth-order valence-electron chi connectivity index (χ4n) is 3.83. The van der Waals surface area contributed by atoms with E-state index < -0.39 is 0 Å². The van der Waals surface area contributed by atoms with Gasteiger partial charge in [-0.25, -0.2) is 0 Å². The van der Waals surface area contributed by atoms with E-state index in [1.54, 1.807) is 12.5 Å². The third kappa shape index (κ3) is 5.45. The van der Waals surface area contributed by atoms with Crippen molar-refractivity contribution in [3.63, 3.8) is 0 Å². The highest BCUT2D eigenvalue weighted by atomic mass is 16.8. The predicted molar refractivity (Wildman–Crippen MR) is 97.3 cm³/mol. The third-order valence-corrected chi connectivity index (χ3v) is 5.36. The molecule has 5 heteroatoms. The van der Waals surface area contributed by atoms with Crippen LogP contribution >= 0.6 is 0 Å². The van der Waals surface area contributed by atoms with Crippen molar-refractivity contribution in [2.45, 2.75) is 77.3 Å². The number of aliphatic hydroxyl groups is 1. The van der Waals surface area contributed by atoms with Crippen molar-refractivity contribution in [3.8, 4) is 0 Å². The molecule has 144 valence electrons. The predicted octanol–water partition coefficient (Wildman–Crippen LogP) is 4.00. The molecule has 2 saturated heterocycles. The number of carbonyl (C=O) groups excluding carboxylic acids is 1. The molecule has 0 unspecified atom stereocenters. The van der Waals surface area contributed by atoms with Crippen LogP contribution in [0, 0.1) is 11.8 Å². The monoisotopic (exact) mass is 362 g/mol. The number of fused-ring (bicyclic) bond motifs is 1. The third-order valence-electron chi connectivity index (χ3n) is 5.36. The van der Waals surface area contributed by atoms with Gasteiger partial charge in [0.1, 0.15) is 6.10 Å². The lowest BCUT2D eigenvalue weighted by atomic mass is 9.93. The molecule has 1 aromatic rings. The highest BCUT2D eigenvalue weighted by Gasteiger charge is 2.57. The van der Waals surface area contributed by atoms with Crippen LogP contribution in [0.5, 0.6) is 0 Å². The molecule has 0 aliphatic carbocycles. The number of hydrogen-bond acceptors (Lipinski definition) is 5. The Morgan fingerprint density at radius 1 is 1.42 bits per heavy atom. The molecule has 2 fully saturated rings. The summed E-state index contributed by atoms with van der Waals surface area (Å²) in [5.41, 5.74) is 2.42. The fourth-order valence-corrected chi connectivity index (χ4v) is 3.83. The lowest BCUT2D eigenvalue weighted by Gasteiger charge is -2.17. The highest BCUT2D eigenvalue weighted by molar-refractivity contribution is 5.76. The molecule has 0 spiro atoms. The van der Waals surface area contributed by atoms with Gasteiger partial charge in [-0.3, -0.25) is 4.79 Å². The summed E-state index contributed by atoms with van der Waals surface area (Å²) in [6, 6.07) is 2.01. The van der Waals surface area contributed by atoms with Gasteiger partial charge in [0.2, 0.25) is 6.29 Å². The van der Waals surface area contributed by atoms with Crippen molar-refractivity contribution in [1.82, 2.24) is 0 Å². The summed E-state index contributed by atoms with van der Waals surface area (Å²) < 4.78 is 15.4. The smallest absolute Gasteiger partial charge is 0.314 e. The molecule has 1 aromatic heterocycles. The van der Waals surface area contributed by atoms with E-state index >= 15 is 0 Å². The van der Waals surface area contributed by atoms with Crippen LogP contribution in [0.3, 0.4) is 0 Å². The summed E-state index contributed by atoms with van der Waals surface area (Å²) in [6.07, 6.45) is 11.4. The molecular formula is C21H30O5. The van der Waals surface area contributed by atoms with E-state index in [1.807, 2.05) is 6.07 Å². The van der Waals surface area contributed by atoms with E-state index in [1.165, 1.54) is 11.1 Å². The Labute approximate surface area is 155 Å². The van der Waals surface area contributed by atoms with E-state index in [9.17, 15) is 9.90 Å². The Morgan fingerprint density at radius 2 is 2.27 bits per heavy atom. The number of aliphatic hydroxyl groups excluding tert-OH is 1. The van der Waals surface area contributed by atoms with Gasteiger partial charge < -0.3 is 19.0 Å². The second-order valence-corrected chi connectivity index (χ2v) is 7.86. The molecule has 26 heavy (non-hydrogen) atoms. The van der Waals surface area contributed by atoms with Crippen LogP contribution < -0.4 is 0 Å². The molecule has 0 saturated carbocycles. The van der Waals surface area contributed by atoms with Gasteiger partial charge in [-0.2, -0.15) is 0 Å². The molecule has 3 heterocycles. The van der Waals surface area contributed by atoms with Crippen LogP contribution in [-0.4, -0.2) is 29.6 Å². The summed E-state index contributed by atoms with van der Waals surface area (Å²) in [5, 5.41) is 10.3. The molecule has 2 aliphatic heterocycles. The van der Waals surface area contributed by atoms with Gasteiger partial charge >= 0.3 is 5.97 Å². The maximum Gasteiger partial charge on any atom is 0.314 e. The van der Waals surface area contributed by atoms with Gasteiger partial charge in [-0.15, -0.1) is 0 Å². The number of allylic oxidation sites excluding steroid dienone is 1. The maximum absolute atomic E-state index is 11.6. The SMILES string of the molecule is CC(=CCC[C@H]1C(=O)O[C@@H]2O[C@@H]21)C[C@@H](O)C[C@@H](C)CCCc1ccoc1. The number of esters is 1. The van der Waals surface area contributed by atoms with E-state index in [0.29, 0.717) is 12.3 Å². The van der Waals surface area contributed by atoms with Gasteiger partial charge in [0.05, 0.1) is 24.5 Å². The topological polar surface area (TPSA) is 72.2 Å².